The molecule has 4 fully saturated rings. The molecule has 6 rings (SSSR count). The Balaban J connectivity index is 1.28. The summed E-state index contributed by atoms with van der Waals surface area (Å²) in [5.41, 5.74) is 4.19. The highest BCUT2D eigenvalue weighted by Gasteiger charge is 2.51. The van der Waals surface area contributed by atoms with Gasteiger partial charge in [0, 0.05) is 11.4 Å². The van der Waals surface area contributed by atoms with E-state index in [2.05, 4.69) is 10.4 Å². The Bertz CT molecular complexity index is 895. The Morgan fingerprint density at radius 1 is 1.10 bits per heavy atom. The number of carbonyl (C=O) groups is 1. The van der Waals surface area contributed by atoms with Gasteiger partial charge < -0.3 is 5.32 Å². The van der Waals surface area contributed by atoms with Gasteiger partial charge in [0.15, 0.2) is 0 Å². The number of halogens is 1. The Morgan fingerprint density at radius 2 is 1.69 bits per heavy atom. The number of carbonyl (C=O) groups excluding carboxylic acids is 1. The largest absolute Gasteiger partial charge is 0.323 e. The fourth-order valence-corrected chi connectivity index (χ4v) is 6.95. The first kappa shape index (κ1) is 19.2. The molecule has 29 heavy (non-hydrogen) atoms. The molecule has 4 saturated carbocycles. The standard InChI is InChI=1S/C24H30ClN3O/c1-15-23(16(2)28(27-15)14-17-3-5-21(25)6-4-17)26-22(29)13-24-10-18-7-19(11-24)9-20(8-18)12-24/h3-6,18-20H,7-14H2,1-2H3,(H,26,29). The number of aromatic nitrogens is 2. The highest BCUT2D eigenvalue weighted by Crippen LogP contribution is 2.61. The van der Waals surface area contributed by atoms with Gasteiger partial charge >= 0.3 is 0 Å². The van der Waals surface area contributed by atoms with Gasteiger partial charge in [0.05, 0.1) is 23.6 Å². The molecule has 1 aromatic heterocycles. The minimum absolute atomic E-state index is 0.171. The third-order valence-corrected chi connectivity index (χ3v) is 7.84. The Kier molecular flexibility index (Phi) is 4.73. The van der Waals surface area contributed by atoms with Crippen LogP contribution in [0.1, 0.15) is 61.9 Å². The lowest BCUT2D eigenvalue weighted by Gasteiger charge is -2.56. The molecule has 0 aliphatic heterocycles. The van der Waals surface area contributed by atoms with Crippen molar-refractivity contribution in [3.63, 3.8) is 0 Å². The highest BCUT2D eigenvalue weighted by molar-refractivity contribution is 6.30. The smallest absolute Gasteiger partial charge is 0.225 e. The average molecular weight is 412 g/mol. The summed E-state index contributed by atoms with van der Waals surface area (Å²) in [5, 5.41) is 8.64. The van der Waals surface area contributed by atoms with Crippen molar-refractivity contribution in [1.29, 1.82) is 0 Å². The highest BCUT2D eigenvalue weighted by atomic mass is 35.5. The zero-order chi connectivity index (χ0) is 20.2. The minimum Gasteiger partial charge on any atom is -0.323 e. The molecular formula is C24H30ClN3O. The van der Waals surface area contributed by atoms with E-state index < -0.39 is 0 Å². The molecule has 1 amide bonds. The lowest BCUT2D eigenvalue weighted by Crippen LogP contribution is -2.47. The van der Waals surface area contributed by atoms with Gasteiger partial charge in [-0.3, -0.25) is 9.48 Å². The predicted octanol–water partition coefficient (Wildman–Crippen LogP) is 5.75. The third kappa shape index (κ3) is 3.72. The van der Waals surface area contributed by atoms with Crippen LogP contribution in [0.2, 0.25) is 5.02 Å². The summed E-state index contributed by atoms with van der Waals surface area (Å²) in [6.45, 7) is 4.69. The molecule has 0 atom stereocenters. The summed E-state index contributed by atoms with van der Waals surface area (Å²) >= 11 is 5.99. The van der Waals surface area contributed by atoms with Crippen molar-refractivity contribution < 1.29 is 4.79 Å². The molecule has 0 radical (unpaired) electrons. The van der Waals surface area contributed by atoms with E-state index in [4.69, 9.17) is 11.6 Å². The third-order valence-electron chi connectivity index (χ3n) is 7.59. The molecule has 0 unspecified atom stereocenters. The van der Waals surface area contributed by atoms with Crippen molar-refractivity contribution in [1.82, 2.24) is 9.78 Å². The van der Waals surface area contributed by atoms with Gasteiger partial charge in [-0.15, -0.1) is 0 Å². The minimum atomic E-state index is 0.171. The topological polar surface area (TPSA) is 46.9 Å². The molecule has 1 aromatic carbocycles. The summed E-state index contributed by atoms with van der Waals surface area (Å²) in [4.78, 5) is 13.0. The summed E-state index contributed by atoms with van der Waals surface area (Å²) in [6, 6.07) is 7.83. The molecule has 4 aliphatic rings. The second-order valence-corrected chi connectivity index (χ2v) is 10.4. The molecule has 0 spiro atoms. The van der Waals surface area contributed by atoms with E-state index in [1.807, 2.05) is 42.8 Å². The zero-order valence-electron chi connectivity index (χ0n) is 17.4. The zero-order valence-corrected chi connectivity index (χ0v) is 18.1. The summed E-state index contributed by atoms with van der Waals surface area (Å²) in [5.74, 6) is 2.79. The maximum atomic E-state index is 13.0. The van der Waals surface area contributed by atoms with E-state index in [1.54, 1.807) is 0 Å². The van der Waals surface area contributed by atoms with Crippen LogP contribution in [0.3, 0.4) is 0 Å². The van der Waals surface area contributed by atoms with Gasteiger partial charge in [0.2, 0.25) is 5.91 Å². The Morgan fingerprint density at radius 3 is 2.28 bits per heavy atom. The molecule has 1 heterocycles. The SMILES string of the molecule is Cc1nn(Cc2ccc(Cl)cc2)c(C)c1NC(=O)CC12CC3CC(CC(C3)C1)C2. The van der Waals surface area contributed by atoms with E-state index >= 15 is 0 Å². The number of hydrogen-bond acceptors (Lipinski definition) is 2. The molecule has 4 aliphatic carbocycles. The quantitative estimate of drug-likeness (QED) is 0.681. The van der Waals surface area contributed by atoms with E-state index in [1.165, 1.54) is 38.5 Å². The average Bonchev–Trinajstić information content (AvgIpc) is 2.89. The molecular weight excluding hydrogens is 382 g/mol. The van der Waals surface area contributed by atoms with Crippen LogP contribution in [-0.4, -0.2) is 15.7 Å². The number of nitrogens with one attached hydrogen (secondary N) is 1. The van der Waals surface area contributed by atoms with E-state index in [0.29, 0.717) is 13.0 Å². The molecule has 154 valence electrons. The van der Waals surface area contributed by atoms with Crippen LogP contribution in [0.15, 0.2) is 24.3 Å². The maximum Gasteiger partial charge on any atom is 0.225 e. The van der Waals surface area contributed by atoms with Gasteiger partial charge in [-0.1, -0.05) is 23.7 Å². The maximum absolute atomic E-state index is 13.0. The molecule has 1 N–H and O–H groups in total. The number of benzene rings is 1. The lowest BCUT2D eigenvalue weighted by molar-refractivity contribution is -0.124. The van der Waals surface area contributed by atoms with Crippen LogP contribution < -0.4 is 5.32 Å². The number of anilines is 1. The van der Waals surface area contributed by atoms with E-state index in [0.717, 1.165) is 45.4 Å². The number of nitrogens with zero attached hydrogens (tertiary/aromatic N) is 2. The molecule has 2 aromatic rings. The van der Waals surface area contributed by atoms with Crippen molar-refractivity contribution in [3.05, 3.63) is 46.2 Å². The predicted molar refractivity (Wildman–Crippen MR) is 116 cm³/mol. The number of rotatable bonds is 5. The van der Waals surface area contributed by atoms with Crippen LogP contribution in [0.4, 0.5) is 5.69 Å². The van der Waals surface area contributed by atoms with E-state index in [-0.39, 0.29) is 11.3 Å². The first-order valence-electron chi connectivity index (χ1n) is 11.0. The van der Waals surface area contributed by atoms with Crippen molar-refractivity contribution in [2.45, 2.75) is 65.3 Å². The van der Waals surface area contributed by atoms with Gasteiger partial charge in [-0.05, 0) is 93.2 Å². The normalized spacial score (nSPS) is 30.0. The Labute approximate surface area is 178 Å². The monoisotopic (exact) mass is 411 g/mol. The fourth-order valence-electron chi connectivity index (χ4n) is 6.83. The molecule has 0 saturated heterocycles. The number of hydrogen-bond donors (Lipinski definition) is 1. The second-order valence-electron chi connectivity index (χ2n) is 9.97. The number of aryl methyl sites for hydroxylation is 1. The first-order chi connectivity index (χ1) is 13.9. The van der Waals surface area contributed by atoms with Crippen LogP contribution in [0.25, 0.3) is 0 Å². The van der Waals surface area contributed by atoms with E-state index in [9.17, 15) is 4.79 Å². The van der Waals surface area contributed by atoms with Crippen LogP contribution in [-0.2, 0) is 11.3 Å². The summed E-state index contributed by atoms with van der Waals surface area (Å²) in [7, 11) is 0. The van der Waals surface area contributed by atoms with Crippen molar-refractivity contribution in [2.75, 3.05) is 5.32 Å². The van der Waals surface area contributed by atoms with Gasteiger partial charge in [0.25, 0.3) is 0 Å². The van der Waals surface area contributed by atoms with Crippen LogP contribution in [0, 0.1) is 37.0 Å². The van der Waals surface area contributed by atoms with Crippen LogP contribution >= 0.6 is 11.6 Å². The molecule has 4 bridgehead atoms. The summed E-state index contributed by atoms with van der Waals surface area (Å²) in [6.07, 6.45) is 8.71. The Hall–Kier alpha value is -1.81. The van der Waals surface area contributed by atoms with Crippen molar-refractivity contribution in [2.24, 2.45) is 23.2 Å². The fraction of sp³-hybridized carbons (Fsp3) is 0.583. The van der Waals surface area contributed by atoms with Gasteiger partial charge in [-0.25, -0.2) is 0 Å². The van der Waals surface area contributed by atoms with Gasteiger partial charge in [-0.2, -0.15) is 5.10 Å². The van der Waals surface area contributed by atoms with Crippen LogP contribution in [0.5, 0.6) is 0 Å². The summed E-state index contributed by atoms with van der Waals surface area (Å²) < 4.78 is 1.97. The van der Waals surface area contributed by atoms with Crippen molar-refractivity contribution in [3.8, 4) is 0 Å². The second kappa shape index (κ2) is 7.16. The van der Waals surface area contributed by atoms with Gasteiger partial charge in [0.1, 0.15) is 0 Å². The number of amides is 1. The first-order valence-corrected chi connectivity index (χ1v) is 11.4. The lowest BCUT2D eigenvalue weighted by atomic mass is 9.49. The molecule has 5 heteroatoms. The molecule has 4 nitrogen and oxygen atoms in total. The van der Waals surface area contributed by atoms with Crippen molar-refractivity contribution >= 4 is 23.2 Å².